The molecule has 1 atom stereocenters. The summed E-state index contributed by atoms with van der Waals surface area (Å²) in [5.41, 5.74) is -0.488. The van der Waals surface area contributed by atoms with Crippen LogP contribution in [0.4, 0.5) is 5.82 Å². The molecule has 3 N–H and O–H groups in total. The fourth-order valence-electron chi connectivity index (χ4n) is 1.04. The molecule has 0 aliphatic rings. The summed E-state index contributed by atoms with van der Waals surface area (Å²) >= 11 is 4.69. The molecule has 0 saturated heterocycles. The van der Waals surface area contributed by atoms with Gasteiger partial charge in [-0.2, -0.15) is 0 Å². The summed E-state index contributed by atoms with van der Waals surface area (Å²) < 4.78 is 5.10. The van der Waals surface area contributed by atoms with Crippen LogP contribution in [0.15, 0.2) is 4.79 Å². The maximum Gasteiger partial charge on any atom is 0.328 e. The summed E-state index contributed by atoms with van der Waals surface area (Å²) in [7, 11) is 0. The number of nitrogens with zero attached hydrogens (tertiary/aromatic N) is 1. The van der Waals surface area contributed by atoms with Crippen molar-refractivity contribution in [2.45, 2.75) is 32.9 Å². The number of rotatable bonds is 4. The zero-order valence-corrected chi connectivity index (χ0v) is 10.6. The van der Waals surface area contributed by atoms with Crippen LogP contribution in [-0.2, 0) is 9.53 Å². The predicted octanol–water partition coefficient (Wildman–Crippen LogP) is 0.579. The van der Waals surface area contributed by atoms with Crippen LogP contribution in [0.5, 0.6) is 0 Å². The highest BCUT2D eigenvalue weighted by Gasteiger charge is 2.17. The molecule has 94 valence electrons. The number of H-pyrrole nitrogens is 2. The first-order valence-electron chi connectivity index (χ1n) is 5.06. The van der Waals surface area contributed by atoms with Crippen molar-refractivity contribution in [3.63, 3.8) is 0 Å². The second-order valence-corrected chi connectivity index (χ2v) is 4.12. The Bertz CT molecular complexity index is 507. The Morgan fingerprint density at radius 1 is 1.47 bits per heavy atom. The molecule has 0 amide bonds. The van der Waals surface area contributed by atoms with Crippen molar-refractivity contribution in [1.82, 2.24) is 15.2 Å². The highest BCUT2D eigenvalue weighted by molar-refractivity contribution is 7.71. The molecule has 0 unspecified atom stereocenters. The second kappa shape index (κ2) is 5.58. The molecule has 0 bridgehead atoms. The minimum atomic E-state index is -0.671. The Morgan fingerprint density at radius 2 is 2.12 bits per heavy atom. The molecule has 1 rings (SSSR count). The van der Waals surface area contributed by atoms with Crippen LogP contribution in [0.2, 0.25) is 0 Å². The van der Waals surface area contributed by atoms with Gasteiger partial charge >= 0.3 is 5.97 Å². The quantitative estimate of drug-likeness (QED) is 0.539. The molecule has 0 fully saturated rings. The molecule has 1 heterocycles. The van der Waals surface area contributed by atoms with Crippen molar-refractivity contribution in [1.29, 1.82) is 0 Å². The van der Waals surface area contributed by atoms with E-state index in [1.807, 2.05) is 0 Å². The predicted molar refractivity (Wildman–Crippen MR) is 64.4 cm³/mol. The summed E-state index contributed by atoms with van der Waals surface area (Å²) in [6.07, 6.45) is -0.209. The van der Waals surface area contributed by atoms with E-state index in [2.05, 4.69) is 32.7 Å². The minimum Gasteiger partial charge on any atom is -0.461 e. The third-order valence-electron chi connectivity index (χ3n) is 1.77. The van der Waals surface area contributed by atoms with E-state index in [-0.39, 0.29) is 16.7 Å². The molecule has 1 aromatic rings. The van der Waals surface area contributed by atoms with Crippen molar-refractivity contribution in [2.24, 2.45) is 0 Å². The molecule has 0 aromatic carbocycles. The molecule has 0 spiro atoms. The van der Waals surface area contributed by atoms with Gasteiger partial charge in [0, 0.05) is 0 Å². The highest BCUT2D eigenvalue weighted by atomic mass is 32.1. The maximum absolute atomic E-state index is 11.5. The van der Waals surface area contributed by atoms with Crippen LogP contribution < -0.4 is 10.9 Å². The van der Waals surface area contributed by atoms with E-state index in [0.717, 1.165) is 0 Å². The monoisotopic (exact) mass is 258 g/mol. The molecule has 0 aliphatic heterocycles. The lowest BCUT2D eigenvalue weighted by Gasteiger charge is -2.14. The minimum absolute atomic E-state index is 0.00759. The average molecular weight is 258 g/mol. The van der Waals surface area contributed by atoms with Crippen LogP contribution >= 0.6 is 12.2 Å². The number of anilines is 1. The first-order valence-corrected chi connectivity index (χ1v) is 5.47. The number of nitrogens with one attached hydrogen (secondary N) is 3. The van der Waals surface area contributed by atoms with E-state index in [0.29, 0.717) is 0 Å². The van der Waals surface area contributed by atoms with Crippen LogP contribution in [0.1, 0.15) is 20.8 Å². The molecule has 0 radical (unpaired) electrons. The van der Waals surface area contributed by atoms with Gasteiger partial charge in [-0.15, -0.1) is 5.10 Å². The normalized spacial score (nSPS) is 12.2. The van der Waals surface area contributed by atoms with E-state index in [1.54, 1.807) is 20.8 Å². The first-order chi connectivity index (χ1) is 7.90. The number of aromatic amines is 2. The van der Waals surface area contributed by atoms with Crippen molar-refractivity contribution in [3.8, 4) is 0 Å². The average Bonchev–Trinajstić information content (AvgIpc) is 2.21. The van der Waals surface area contributed by atoms with Crippen LogP contribution in [0, 0.1) is 4.77 Å². The second-order valence-electron chi connectivity index (χ2n) is 3.71. The molecule has 17 heavy (non-hydrogen) atoms. The van der Waals surface area contributed by atoms with Gasteiger partial charge in [0.2, 0.25) is 5.82 Å². The Balaban J connectivity index is 2.74. The number of ether oxygens (including phenoxy) is 1. The van der Waals surface area contributed by atoms with Gasteiger partial charge in [0.1, 0.15) is 6.04 Å². The molecule has 0 aliphatic carbocycles. The molecule has 1 aromatic heterocycles. The Morgan fingerprint density at radius 3 is 2.65 bits per heavy atom. The number of esters is 1. The molecular weight excluding hydrogens is 244 g/mol. The molecular formula is C9H14N4O3S. The van der Waals surface area contributed by atoms with Crippen LogP contribution in [0.3, 0.4) is 0 Å². The third-order valence-corrected chi connectivity index (χ3v) is 1.96. The summed E-state index contributed by atoms with van der Waals surface area (Å²) in [4.78, 5) is 25.2. The van der Waals surface area contributed by atoms with Gasteiger partial charge < -0.3 is 10.1 Å². The lowest BCUT2D eigenvalue weighted by molar-refractivity contribution is -0.147. The lowest BCUT2D eigenvalue weighted by Crippen LogP contribution is -2.33. The van der Waals surface area contributed by atoms with Gasteiger partial charge in [-0.05, 0) is 33.0 Å². The van der Waals surface area contributed by atoms with E-state index in [9.17, 15) is 9.59 Å². The molecule has 0 saturated carbocycles. The van der Waals surface area contributed by atoms with Crippen molar-refractivity contribution >= 4 is 24.0 Å². The number of carbonyl (C=O) groups is 1. The van der Waals surface area contributed by atoms with Gasteiger partial charge in [0.05, 0.1) is 6.10 Å². The Kier molecular flexibility index (Phi) is 4.38. The lowest BCUT2D eigenvalue weighted by atomic mass is 10.3. The fourth-order valence-corrected chi connectivity index (χ4v) is 1.18. The van der Waals surface area contributed by atoms with Gasteiger partial charge in [0.25, 0.3) is 5.56 Å². The van der Waals surface area contributed by atoms with Gasteiger partial charge in [-0.25, -0.2) is 4.79 Å². The summed E-state index contributed by atoms with van der Waals surface area (Å²) in [5.74, 6) is -0.463. The largest absolute Gasteiger partial charge is 0.461 e. The van der Waals surface area contributed by atoms with E-state index >= 15 is 0 Å². The summed E-state index contributed by atoms with van der Waals surface area (Å²) in [6, 6.07) is -0.671. The van der Waals surface area contributed by atoms with E-state index in [1.165, 1.54) is 0 Å². The summed E-state index contributed by atoms with van der Waals surface area (Å²) in [5, 5.41) is 8.74. The van der Waals surface area contributed by atoms with Crippen molar-refractivity contribution in [3.05, 3.63) is 15.1 Å². The van der Waals surface area contributed by atoms with Crippen LogP contribution in [-0.4, -0.2) is 33.3 Å². The van der Waals surface area contributed by atoms with Crippen molar-refractivity contribution in [2.75, 3.05) is 5.32 Å². The number of hydrogen-bond acceptors (Lipinski definition) is 6. The standard InChI is InChI=1S/C9H14N4O3S/c1-4(2)16-8(15)5(3)10-6-7(14)11-9(17)13-12-6/h4-5H,1-3H3,(H,10,12)(H2,11,13,14,17)/t5-/m0/s1. The van der Waals surface area contributed by atoms with Gasteiger partial charge in [-0.1, -0.05) is 0 Å². The van der Waals surface area contributed by atoms with Crippen LogP contribution in [0.25, 0.3) is 0 Å². The fraction of sp³-hybridized carbons (Fsp3) is 0.556. The first kappa shape index (κ1) is 13.4. The topological polar surface area (TPSA) is 99.9 Å². The Labute approximate surface area is 103 Å². The number of hydrogen-bond donors (Lipinski definition) is 3. The highest BCUT2D eigenvalue weighted by Crippen LogP contribution is 1.99. The maximum atomic E-state index is 11.5. The zero-order chi connectivity index (χ0) is 13.0. The van der Waals surface area contributed by atoms with E-state index in [4.69, 9.17) is 4.74 Å². The number of aromatic nitrogens is 3. The summed E-state index contributed by atoms with van der Waals surface area (Å²) in [6.45, 7) is 5.07. The molecule has 8 heteroatoms. The van der Waals surface area contributed by atoms with Crippen molar-refractivity contribution < 1.29 is 9.53 Å². The smallest absolute Gasteiger partial charge is 0.328 e. The van der Waals surface area contributed by atoms with E-state index < -0.39 is 17.6 Å². The SMILES string of the molecule is CC(C)OC(=O)[C@H](C)Nc1n[nH]c(=S)[nH]c1=O. The molecule has 7 nitrogen and oxygen atoms in total. The van der Waals surface area contributed by atoms with Gasteiger partial charge in [0.15, 0.2) is 4.77 Å². The zero-order valence-electron chi connectivity index (χ0n) is 9.73. The number of carbonyl (C=O) groups excluding carboxylic acids is 1. The van der Waals surface area contributed by atoms with Gasteiger partial charge in [-0.3, -0.25) is 14.9 Å². The Hall–Kier alpha value is -1.70. The third kappa shape index (κ3) is 3.99.